The molecule has 1 saturated carbocycles. The molecule has 3 aromatic rings. The van der Waals surface area contributed by atoms with Gasteiger partial charge < -0.3 is 4.98 Å². The summed E-state index contributed by atoms with van der Waals surface area (Å²) in [6.07, 6.45) is 4.46. The maximum Gasteiger partial charge on any atom is 0.125 e. The molecule has 1 aliphatic rings. The van der Waals surface area contributed by atoms with Gasteiger partial charge in [-0.25, -0.2) is 9.37 Å². The van der Waals surface area contributed by atoms with Crippen molar-refractivity contribution in [3.63, 3.8) is 0 Å². The summed E-state index contributed by atoms with van der Waals surface area (Å²) in [5.74, 6) is 1.10. The van der Waals surface area contributed by atoms with Crippen LogP contribution in [0.2, 0.25) is 10.0 Å². The third kappa shape index (κ3) is 4.29. The van der Waals surface area contributed by atoms with Crippen LogP contribution >= 0.6 is 23.2 Å². The van der Waals surface area contributed by atoms with Crippen LogP contribution in [0.25, 0.3) is 11.0 Å². The van der Waals surface area contributed by atoms with Gasteiger partial charge in [0, 0.05) is 28.5 Å². The molecule has 0 radical (unpaired) electrons. The van der Waals surface area contributed by atoms with Crippen LogP contribution in [-0.4, -0.2) is 28.0 Å². The zero-order chi connectivity index (χ0) is 19.0. The molecule has 6 heteroatoms. The lowest BCUT2D eigenvalue weighted by Gasteiger charge is -2.34. The summed E-state index contributed by atoms with van der Waals surface area (Å²) >= 11 is 12.3. The maximum atomic E-state index is 13.4. The van der Waals surface area contributed by atoms with Crippen molar-refractivity contribution in [3.05, 3.63) is 63.6 Å². The van der Waals surface area contributed by atoms with Crippen molar-refractivity contribution < 1.29 is 4.39 Å². The Hall–Kier alpha value is -1.62. The molecular weight excluding hydrogens is 384 g/mol. The van der Waals surface area contributed by atoms with E-state index in [1.807, 2.05) is 12.1 Å². The van der Waals surface area contributed by atoms with Crippen LogP contribution in [0.15, 0.2) is 36.4 Å². The van der Waals surface area contributed by atoms with E-state index >= 15 is 0 Å². The predicted molar refractivity (Wildman–Crippen MR) is 109 cm³/mol. The fourth-order valence-corrected chi connectivity index (χ4v) is 4.70. The van der Waals surface area contributed by atoms with Gasteiger partial charge in [0.1, 0.15) is 11.6 Å². The lowest BCUT2D eigenvalue weighted by atomic mass is 9.84. The van der Waals surface area contributed by atoms with Crippen LogP contribution in [0, 0.1) is 5.82 Å². The minimum Gasteiger partial charge on any atom is -0.342 e. The van der Waals surface area contributed by atoms with E-state index in [9.17, 15) is 4.39 Å². The van der Waals surface area contributed by atoms with Crippen LogP contribution < -0.4 is 0 Å². The average Bonchev–Trinajstić information content (AvgIpc) is 3.04. The molecule has 142 valence electrons. The Labute approximate surface area is 168 Å². The Morgan fingerprint density at radius 3 is 2.70 bits per heavy atom. The van der Waals surface area contributed by atoms with Crippen molar-refractivity contribution in [3.8, 4) is 0 Å². The summed E-state index contributed by atoms with van der Waals surface area (Å²) in [4.78, 5) is 10.4. The van der Waals surface area contributed by atoms with Gasteiger partial charge in [-0.2, -0.15) is 0 Å². The second-order valence-electron chi connectivity index (χ2n) is 7.49. The molecule has 0 spiro atoms. The van der Waals surface area contributed by atoms with E-state index in [0.717, 1.165) is 54.6 Å². The zero-order valence-electron chi connectivity index (χ0n) is 15.2. The van der Waals surface area contributed by atoms with Gasteiger partial charge in [0.05, 0.1) is 11.0 Å². The molecule has 1 aromatic heterocycles. The average molecular weight is 406 g/mol. The Kier molecular flexibility index (Phi) is 5.40. The Balaban J connectivity index is 1.48. The van der Waals surface area contributed by atoms with Gasteiger partial charge in [-0.3, -0.25) is 4.90 Å². The lowest BCUT2D eigenvalue weighted by molar-refractivity contribution is 0.171. The van der Waals surface area contributed by atoms with Gasteiger partial charge in [0.25, 0.3) is 0 Å². The first-order valence-corrected chi connectivity index (χ1v) is 10.0. The smallest absolute Gasteiger partial charge is 0.125 e. The summed E-state index contributed by atoms with van der Waals surface area (Å²) in [5, 5.41) is 1.34. The molecule has 1 N–H and O–H groups in total. The number of halogens is 3. The van der Waals surface area contributed by atoms with Gasteiger partial charge in [-0.05, 0) is 68.3 Å². The first-order chi connectivity index (χ1) is 13.0. The molecule has 0 amide bonds. The second kappa shape index (κ2) is 7.78. The molecule has 1 heterocycles. The maximum absolute atomic E-state index is 13.4. The predicted octanol–water partition coefficient (Wildman–Crippen LogP) is 6.17. The minimum absolute atomic E-state index is 0.237. The third-order valence-corrected chi connectivity index (χ3v) is 5.91. The molecule has 2 unspecified atom stereocenters. The fraction of sp³-hybridized carbons (Fsp3) is 0.381. The minimum atomic E-state index is -0.237. The van der Waals surface area contributed by atoms with E-state index in [1.54, 1.807) is 12.1 Å². The standard InChI is InChI=1S/C21H22Cl2FN3/c1-27(12-13-7-15(22)10-16(23)8-13)18-4-2-3-14(9-18)21-25-19-6-5-17(24)11-20(19)26-21/h5-8,10-11,14,18H,2-4,9,12H2,1H3,(H,25,26). The summed E-state index contributed by atoms with van der Waals surface area (Å²) < 4.78 is 13.4. The number of nitrogens with one attached hydrogen (secondary N) is 1. The van der Waals surface area contributed by atoms with E-state index in [4.69, 9.17) is 28.2 Å². The number of rotatable bonds is 4. The molecule has 0 saturated heterocycles. The molecule has 0 aliphatic heterocycles. The second-order valence-corrected chi connectivity index (χ2v) is 8.37. The van der Waals surface area contributed by atoms with Crippen molar-refractivity contribution in [2.24, 2.45) is 0 Å². The first kappa shape index (κ1) is 18.7. The van der Waals surface area contributed by atoms with E-state index in [0.29, 0.717) is 22.0 Å². The first-order valence-electron chi connectivity index (χ1n) is 9.28. The molecular formula is C21H22Cl2FN3. The van der Waals surface area contributed by atoms with Crippen molar-refractivity contribution in [1.82, 2.24) is 14.9 Å². The van der Waals surface area contributed by atoms with E-state index in [1.165, 1.54) is 12.1 Å². The Morgan fingerprint density at radius 2 is 1.93 bits per heavy atom. The molecule has 27 heavy (non-hydrogen) atoms. The topological polar surface area (TPSA) is 31.9 Å². The highest BCUT2D eigenvalue weighted by Crippen LogP contribution is 2.35. The highest BCUT2D eigenvalue weighted by Gasteiger charge is 2.28. The van der Waals surface area contributed by atoms with E-state index < -0.39 is 0 Å². The van der Waals surface area contributed by atoms with Crippen LogP contribution in [0.3, 0.4) is 0 Å². The number of imidazole rings is 1. The zero-order valence-corrected chi connectivity index (χ0v) is 16.7. The van der Waals surface area contributed by atoms with Crippen LogP contribution in [0.4, 0.5) is 4.39 Å². The lowest BCUT2D eigenvalue weighted by Crippen LogP contribution is -2.35. The largest absolute Gasteiger partial charge is 0.342 e. The van der Waals surface area contributed by atoms with Gasteiger partial charge in [0.2, 0.25) is 0 Å². The van der Waals surface area contributed by atoms with E-state index in [2.05, 4.69) is 16.9 Å². The molecule has 3 nitrogen and oxygen atoms in total. The fourth-order valence-electron chi connectivity index (χ4n) is 4.13. The molecule has 4 rings (SSSR count). The Bertz CT molecular complexity index is 935. The molecule has 2 aromatic carbocycles. The summed E-state index contributed by atoms with van der Waals surface area (Å²) in [7, 11) is 2.15. The number of nitrogens with zero attached hydrogens (tertiary/aromatic N) is 2. The van der Waals surface area contributed by atoms with Crippen LogP contribution in [0.5, 0.6) is 0 Å². The van der Waals surface area contributed by atoms with Gasteiger partial charge >= 0.3 is 0 Å². The molecule has 1 aliphatic carbocycles. The number of aromatic amines is 1. The van der Waals surface area contributed by atoms with Crippen LogP contribution in [0.1, 0.15) is 43.0 Å². The van der Waals surface area contributed by atoms with Gasteiger partial charge in [-0.1, -0.05) is 29.6 Å². The quantitative estimate of drug-likeness (QED) is 0.562. The third-order valence-electron chi connectivity index (χ3n) is 5.47. The van der Waals surface area contributed by atoms with E-state index in [-0.39, 0.29) is 5.82 Å². The molecule has 2 atom stereocenters. The number of benzene rings is 2. The highest BCUT2D eigenvalue weighted by atomic mass is 35.5. The number of fused-ring (bicyclic) bond motifs is 1. The van der Waals surface area contributed by atoms with Gasteiger partial charge in [-0.15, -0.1) is 0 Å². The number of hydrogen-bond acceptors (Lipinski definition) is 2. The number of aromatic nitrogens is 2. The van der Waals surface area contributed by atoms with Gasteiger partial charge in [0.15, 0.2) is 0 Å². The normalized spacial score (nSPS) is 20.5. The Morgan fingerprint density at radius 1 is 1.15 bits per heavy atom. The summed E-state index contributed by atoms with van der Waals surface area (Å²) in [6, 6.07) is 10.9. The number of H-pyrrole nitrogens is 1. The highest BCUT2D eigenvalue weighted by molar-refractivity contribution is 6.34. The van der Waals surface area contributed by atoms with Crippen molar-refractivity contribution in [2.75, 3.05) is 7.05 Å². The number of hydrogen-bond donors (Lipinski definition) is 1. The van der Waals surface area contributed by atoms with Crippen molar-refractivity contribution >= 4 is 34.2 Å². The van der Waals surface area contributed by atoms with Crippen molar-refractivity contribution in [2.45, 2.75) is 44.2 Å². The van der Waals surface area contributed by atoms with Crippen molar-refractivity contribution in [1.29, 1.82) is 0 Å². The summed E-state index contributed by atoms with van der Waals surface area (Å²) in [6.45, 7) is 0.809. The molecule has 0 bridgehead atoms. The SMILES string of the molecule is CN(Cc1cc(Cl)cc(Cl)c1)C1CCCC(c2nc3ccc(F)cc3[nH]2)C1. The van der Waals surface area contributed by atoms with Crippen LogP contribution in [-0.2, 0) is 6.54 Å². The summed E-state index contributed by atoms with van der Waals surface area (Å²) in [5.41, 5.74) is 2.72. The molecule has 1 fully saturated rings. The monoisotopic (exact) mass is 405 g/mol.